The molecule has 2 aromatic rings. The number of nitrogens with one attached hydrogen (secondary N) is 1. The fourth-order valence-corrected chi connectivity index (χ4v) is 3.59. The number of hydrogen-bond donors (Lipinski definition) is 2. The van der Waals surface area contributed by atoms with Crippen LogP contribution in [0.15, 0.2) is 37.1 Å². The molecule has 2 amide bonds. The summed E-state index contributed by atoms with van der Waals surface area (Å²) in [5, 5.41) is 20.1. The van der Waals surface area contributed by atoms with E-state index in [-0.39, 0.29) is 24.1 Å². The Hall–Kier alpha value is -3.24. The van der Waals surface area contributed by atoms with Crippen LogP contribution in [0.1, 0.15) is 40.6 Å². The van der Waals surface area contributed by atoms with Crippen molar-refractivity contribution < 1.29 is 19.4 Å². The number of β-amino-alcohol motifs (C(OH)–C–C–N with tert-alkyl or cyclic N) is 1. The number of ether oxygens (including phenoxy) is 1. The lowest BCUT2D eigenvalue weighted by Gasteiger charge is -2.33. The molecule has 1 aliphatic rings. The smallest absolute Gasteiger partial charge is 0.276 e. The number of unbranched alkanes of at least 4 members (excludes halogenated alkanes) is 1. The van der Waals surface area contributed by atoms with Crippen molar-refractivity contribution in [2.24, 2.45) is 0 Å². The Morgan fingerprint density at radius 3 is 2.76 bits per heavy atom. The molecule has 0 aliphatic carbocycles. The molecular formula is C23H32N6O4. The quantitative estimate of drug-likeness (QED) is 0.385. The average molecular weight is 457 g/mol. The Balaban J connectivity index is 1.77. The number of benzene rings is 1. The zero-order chi connectivity index (χ0) is 23.6. The first-order chi connectivity index (χ1) is 16.1. The molecule has 2 heterocycles. The van der Waals surface area contributed by atoms with Crippen molar-refractivity contribution in [3.63, 3.8) is 0 Å². The van der Waals surface area contributed by atoms with E-state index in [1.807, 2.05) is 13.0 Å². The molecule has 0 atom stereocenters. The van der Waals surface area contributed by atoms with Crippen LogP contribution in [0, 0.1) is 0 Å². The highest BCUT2D eigenvalue weighted by Gasteiger charge is 2.24. The van der Waals surface area contributed by atoms with Crippen molar-refractivity contribution in [3.05, 3.63) is 48.3 Å². The fraction of sp³-hybridized carbons (Fsp3) is 0.478. The van der Waals surface area contributed by atoms with Gasteiger partial charge in [0.2, 0.25) is 0 Å². The molecular weight excluding hydrogens is 424 g/mol. The number of carbonyl (C=O) groups excluding carboxylic acids is 2. The van der Waals surface area contributed by atoms with E-state index in [1.165, 1.54) is 4.68 Å². The second-order valence-electron chi connectivity index (χ2n) is 7.73. The minimum atomic E-state index is -0.185. The highest BCUT2D eigenvalue weighted by atomic mass is 16.5. The molecule has 1 aromatic heterocycles. The van der Waals surface area contributed by atoms with E-state index in [0.29, 0.717) is 62.9 Å². The van der Waals surface area contributed by atoms with Gasteiger partial charge in [0.15, 0.2) is 5.69 Å². The molecule has 33 heavy (non-hydrogen) atoms. The topological polar surface area (TPSA) is 113 Å². The van der Waals surface area contributed by atoms with E-state index < -0.39 is 0 Å². The molecule has 3 rings (SSSR count). The van der Waals surface area contributed by atoms with Crippen LogP contribution in [-0.4, -0.2) is 94.2 Å². The van der Waals surface area contributed by atoms with Crippen molar-refractivity contribution in [2.45, 2.75) is 19.8 Å². The van der Waals surface area contributed by atoms with Crippen LogP contribution in [0.2, 0.25) is 0 Å². The maximum Gasteiger partial charge on any atom is 0.276 e. The lowest BCUT2D eigenvalue weighted by atomic mass is 10.1. The molecule has 0 spiro atoms. The van der Waals surface area contributed by atoms with Gasteiger partial charge in [-0.3, -0.25) is 14.5 Å². The first-order valence-electron chi connectivity index (χ1n) is 11.3. The average Bonchev–Trinajstić information content (AvgIpc) is 3.32. The summed E-state index contributed by atoms with van der Waals surface area (Å²) in [6.45, 7) is 9.86. The van der Waals surface area contributed by atoms with Crippen LogP contribution in [0.4, 0.5) is 0 Å². The predicted molar refractivity (Wildman–Crippen MR) is 124 cm³/mol. The summed E-state index contributed by atoms with van der Waals surface area (Å²) in [7, 11) is 0. The van der Waals surface area contributed by atoms with E-state index in [0.717, 1.165) is 12.8 Å². The van der Waals surface area contributed by atoms with Gasteiger partial charge in [-0.25, -0.2) is 4.68 Å². The summed E-state index contributed by atoms with van der Waals surface area (Å²) in [5.41, 5.74) is 1.33. The van der Waals surface area contributed by atoms with Crippen LogP contribution < -0.4 is 10.1 Å². The molecule has 10 heteroatoms. The van der Waals surface area contributed by atoms with Crippen molar-refractivity contribution in [2.75, 3.05) is 52.5 Å². The molecule has 0 saturated carbocycles. The molecule has 10 nitrogen and oxygen atoms in total. The van der Waals surface area contributed by atoms with Gasteiger partial charge in [0, 0.05) is 44.8 Å². The summed E-state index contributed by atoms with van der Waals surface area (Å²) in [6, 6.07) is 5.11. The Morgan fingerprint density at radius 2 is 2.06 bits per heavy atom. The van der Waals surface area contributed by atoms with Crippen LogP contribution in [0.3, 0.4) is 0 Å². The Bertz CT molecular complexity index is 952. The SMILES string of the molecule is C=CCCCOc1cc(C(=O)NCC)ccc1-n1cc(C(=O)N2CCN(CCO)CC2)nn1. The first-order valence-corrected chi connectivity index (χ1v) is 11.3. The molecule has 0 bridgehead atoms. The number of aromatic nitrogens is 3. The van der Waals surface area contributed by atoms with Gasteiger partial charge < -0.3 is 20.1 Å². The molecule has 1 saturated heterocycles. The van der Waals surface area contributed by atoms with E-state index >= 15 is 0 Å². The molecule has 0 radical (unpaired) electrons. The monoisotopic (exact) mass is 456 g/mol. The first kappa shape index (κ1) is 24.4. The lowest BCUT2D eigenvalue weighted by Crippen LogP contribution is -2.49. The van der Waals surface area contributed by atoms with Gasteiger partial charge in [0.25, 0.3) is 11.8 Å². The number of aliphatic hydroxyl groups is 1. The minimum Gasteiger partial charge on any atom is -0.491 e. The van der Waals surface area contributed by atoms with E-state index in [4.69, 9.17) is 9.84 Å². The highest BCUT2D eigenvalue weighted by molar-refractivity contribution is 5.95. The zero-order valence-corrected chi connectivity index (χ0v) is 19.1. The number of allylic oxidation sites excluding steroid dienone is 1. The van der Waals surface area contributed by atoms with Gasteiger partial charge in [-0.2, -0.15) is 0 Å². The maximum atomic E-state index is 12.9. The molecule has 1 aliphatic heterocycles. The summed E-state index contributed by atoms with van der Waals surface area (Å²) in [5.74, 6) is 0.122. The van der Waals surface area contributed by atoms with E-state index in [9.17, 15) is 9.59 Å². The van der Waals surface area contributed by atoms with Crippen molar-refractivity contribution in [1.29, 1.82) is 0 Å². The molecule has 2 N–H and O–H groups in total. The van der Waals surface area contributed by atoms with Gasteiger partial charge in [-0.05, 0) is 38.0 Å². The Kier molecular flexibility index (Phi) is 8.96. The van der Waals surface area contributed by atoms with Crippen LogP contribution >= 0.6 is 0 Å². The number of hydrogen-bond acceptors (Lipinski definition) is 7. The molecule has 0 unspecified atom stereocenters. The number of amides is 2. The Labute approximate surface area is 193 Å². The standard InChI is InChI=1S/C23H32N6O4/c1-3-5-6-15-33-21-16-18(22(31)24-4-2)7-8-20(21)29-17-19(25-26-29)23(32)28-11-9-27(10-12-28)13-14-30/h3,7-8,16-17,30H,1,4-6,9-15H2,2H3,(H,24,31). The van der Waals surface area contributed by atoms with Gasteiger partial charge in [-0.15, -0.1) is 11.7 Å². The number of rotatable bonds is 11. The number of nitrogens with zero attached hydrogens (tertiary/aromatic N) is 5. The number of piperazine rings is 1. The largest absolute Gasteiger partial charge is 0.491 e. The summed E-state index contributed by atoms with van der Waals surface area (Å²) >= 11 is 0. The predicted octanol–water partition coefficient (Wildman–Crippen LogP) is 1.11. The molecule has 1 fully saturated rings. The molecule has 178 valence electrons. The minimum absolute atomic E-state index is 0.110. The third-order valence-electron chi connectivity index (χ3n) is 5.40. The van der Waals surface area contributed by atoms with Crippen molar-refractivity contribution in [1.82, 2.24) is 30.1 Å². The highest BCUT2D eigenvalue weighted by Crippen LogP contribution is 2.25. The number of carbonyl (C=O) groups is 2. The van der Waals surface area contributed by atoms with Gasteiger partial charge in [0.05, 0.1) is 19.4 Å². The lowest BCUT2D eigenvalue weighted by molar-refractivity contribution is 0.0609. The van der Waals surface area contributed by atoms with Crippen LogP contribution in [0.25, 0.3) is 5.69 Å². The summed E-state index contributed by atoms with van der Waals surface area (Å²) < 4.78 is 7.45. The third-order valence-corrected chi connectivity index (χ3v) is 5.40. The third kappa shape index (κ3) is 6.39. The normalized spacial score (nSPS) is 14.2. The maximum absolute atomic E-state index is 12.9. The molecule has 1 aromatic carbocycles. The van der Waals surface area contributed by atoms with Gasteiger partial charge >= 0.3 is 0 Å². The van der Waals surface area contributed by atoms with Crippen molar-refractivity contribution >= 4 is 11.8 Å². The van der Waals surface area contributed by atoms with Crippen molar-refractivity contribution in [3.8, 4) is 11.4 Å². The van der Waals surface area contributed by atoms with Crippen LogP contribution in [-0.2, 0) is 0 Å². The summed E-state index contributed by atoms with van der Waals surface area (Å²) in [6.07, 6.45) is 5.02. The fourth-order valence-electron chi connectivity index (χ4n) is 3.59. The van der Waals surface area contributed by atoms with E-state index in [1.54, 1.807) is 29.3 Å². The summed E-state index contributed by atoms with van der Waals surface area (Å²) in [4.78, 5) is 29.0. The Morgan fingerprint density at radius 1 is 1.27 bits per heavy atom. The van der Waals surface area contributed by atoms with Gasteiger partial charge in [-0.1, -0.05) is 11.3 Å². The second kappa shape index (κ2) is 12.1. The van der Waals surface area contributed by atoms with Crippen LogP contribution in [0.5, 0.6) is 5.75 Å². The second-order valence-corrected chi connectivity index (χ2v) is 7.73. The zero-order valence-electron chi connectivity index (χ0n) is 19.1. The van der Waals surface area contributed by atoms with Gasteiger partial charge in [0.1, 0.15) is 11.4 Å². The number of aliphatic hydroxyl groups excluding tert-OH is 1. The van der Waals surface area contributed by atoms with E-state index in [2.05, 4.69) is 27.1 Å².